The molecule has 5 rings (SSSR count). The fraction of sp³-hybridized carbons (Fsp3) is 0.175. The Morgan fingerprint density at radius 3 is 1.85 bits per heavy atom. The van der Waals surface area contributed by atoms with Crippen molar-refractivity contribution in [3.63, 3.8) is 0 Å². The molecule has 0 saturated heterocycles. The largest absolute Gasteiger partial charge is 0.502 e. The lowest BCUT2D eigenvalue weighted by molar-refractivity contribution is -0.136. The standard InChI is InChI=1S/C40H31N13O14S/c1-16-23(15-41)30(56)52(31(57)28(16)50-48-24-13-19(34(60)61)5-7-21(24)36(64)65)11-10-43-38-45-39(47-40(46-38)68-12-9-26(54)55)44-18(3)53-32(58)27(42-4)17(2)29(33(53)59)51-49-25-14-20(35(62)63)6-8-22(25)37(66)67/h5-8,13-14,56,58H,9-12H2,1-3H3,(H,54,55)(H,60,61)(H,62,63)(H,64,65)(H,66,67)(H,43,45,46,47). The van der Waals surface area contributed by atoms with Crippen LogP contribution in [0.15, 0.2) is 76.6 Å². The van der Waals surface area contributed by atoms with Crippen molar-refractivity contribution >= 4 is 87.8 Å². The van der Waals surface area contributed by atoms with Crippen LogP contribution in [0.2, 0.25) is 0 Å². The van der Waals surface area contributed by atoms with Crippen molar-refractivity contribution in [1.29, 1.82) is 5.26 Å². The molecule has 0 amide bonds. The molecule has 3 aromatic heterocycles. The lowest BCUT2D eigenvalue weighted by Gasteiger charge is -2.14. The number of anilines is 1. The van der Waals surface area contributed by atoms with Crippen LogP contribution in [0.4, 0.5) is 40.3 Å². The topological polar surface area (TPSA) is 412 Å². The van der Waals surface area contributed by atoms with Crippen molar-refractivity contribution in [3.05, 3.63) is 107 Å². The first-order chi connectivity index (χ1) is 32.2. The van der Waals surface area contributed by atoms with Gasteiger partial charge in [0.05, 0.1) is 35.2 Å². The second kappa shape index (κ2) is 20.9. The second-order valence-corrected chi connectivity index (χ2v) is 14.6. The quantitative estimate of drug-likeness (QED) is 0.0186. The van der Waals surface area contributed by atoms with Gasteiger partial charge in [-0.1, -0.05) is 11.8 Å². The van der Waals surface area contributed by atoms with Gasteiger partial charge in [0.25, 0.3) is 22.8 Å². The van der Waals surface area contributed by atoms with Crippen molar-refractivity contribution in [1.82, 2.24) is 24.1 Å². The highest BCUT2D eigenvalue weighted by Gasteiger charge is 2.24. The number of azo groups is 2. The third-order valence-corrected chi connectivity index (χ3v) is 10.1. The minimum atomic E-state index is -1.50. The number of pyridine rings is 2. The Morgan fingerprint density at radius 1 is 0.794 bits per heavy atom. The van der Waals surface area contributed by atoms with Gasteiger partial charge < -0.3 is 41.1 Å². The fourth-order valence-electron chi connectivity index (χ4n) is 5.87. The maximum Gasteiger partial charge on any atom is 0.337 e. The predicted molar refractivity (Wildman–Crippen MR) is 234 cm³/mol. The van der Waals surface area contributed by atoms with E-state index in [1.54, 1.807) is 6.07 Å². The van der Waals surface area contributed by atoms with E-state index in [-0.39, 0.29) is 52.1 Å². The van der Waals surface area contributed by atoms with Crippen LogP contribution in [-0.4, -0.2) is 108 Å². The number of rotatable bonds is 17. The zero-order valence-electron chi connectivity index (χ0n) is 35.1. The second-order valence-electron chi connectivity index (χ2n) is 13.5. The highest BCUT2D eigenvalue weighted by atomic mass is 32.2. The number of carboxylic acid groups (broad SMARTS) is 5. The molecular weight excluding hydrogens is 919 g/mol. The monoisotopic (exact) mass is 949 g/mol. The van der Waals surface area contributed by atoms with Gasteiger partial charge in [-0.2, -0.15) is 25.2 Å². The highest BCUT2D eigenvalue weighted by Crippen LogP contribution is 2.36. The molecule has 68 heavy (non-hydrogen) atoms. The number of carbonyl (C=O) groups is 5. The molecule has 0 aliphatic carbocycles. The number of nitrogens with one attached hydrogen (secondary N) is 1. The number of aromatic carboxylic acids is 4. The number of benzene rings is 2. The van der Waals surface area contributed by atoms with E-state index in [0.717, 1.165) is 48.2 Å². The average molecular weight is 950 g/mol. The maximum absolute atomic E-state index is 13.9. The van der Waals surface area contributed by atoms with Crippen molar-refractivity contribution < 1.29 is 59.7 Å². The van der Waals surface area contributed by atoms with Gasteiger partial charge in [0, 0.05) is 24.4 Å². The first-order valence-corrected chi connectivity index (χ1v) is 19.8. The summed E-state index contributed by atoms with van der Waals surface area (Å²) in [6.07, 6.45) is -0.339. The van der Waals surface area contributed by atoms with Crippen LogP contribution in [-0.2, 0) is 11.3 Å². The van der Waals surface area contributed by atoms with Crippen LogP contribution < -0.4 is 16.4 Å². The molecule has 8 N–H and O–H groups in total. The Morgan fingerprint density at radius 2 is 1.35 bits per heavy atom. The fourth-order valence-corrected chi connectivity index (χ4v) is 6.63. The van der Waals surface area contributed by atoms with Crippen LogP contribution in [0.1, 0.15) is 71.5 Å². The van der Waals surface area contributed by atoms with Crippen molar-refractivity contribution in [2.75, 3.05) is 17.6 Å². The van der Waals surface area contributed by atoms with E-state index in [9.17, 15) is 74.6 Å². The van der Waals surface area contributed by atoms with Gasteiger partial charge in [-0.25, -0.2) is 28.6 Å². The molecule has 0 atom stereocenters. The molecule has 0 bridgehead atoms. The summed E-state index contributed by atoms with van der Waals surface area (Å²) < 4.78 is 1.25. The first-order valence-electron chi connectivity index (χ1n) is 18.9. The summed E-state index contributed by atoms with van der Waals surface area (Å²) in [6, 6.07) is 7.53. The van der Waals surface area contributed by atoms with Gasteiger partial charge in [-0.05, 0) is 62.7 Å². The number of hydrogen-bond acceptors (Lipinski definition) is 20. The Labute approximate surface area is 383 Å². The summed E-state index contributed by atoms with van der Waals surface area (Å²) in [4.78, 5) is 106. The van der Waals surface area contributed by atoms with Crippen LogP contribution >= 0.6 is 11.8 Å². The average Bonchev–Trinajstić information content (AvgIpc) is 3.27. The van der Waals surface area contributed by atoms with Gasteiger partial charge >= 0.3 is 29.8 Å². The normalized spacial score (nSPS) is 11.3. The van der Waals surface area contributed by atoms with Gasteiger partial charge in [0.1, 0.15) is 34.5 Å². The van der Waals surface area contributed by atoms with E-state index in [4.69, 9.17) is 6.57 Å². The minimum absolute atomic E-state index is 0.0592. The number of aromatic hydroxyl groups is 2. The summed E-state index contributed by atoms with van der Waals surface area (Å²) >= 11 is 0.840. The van der Waals surface area contributed by atoms with E-state index in [1.807, 2.05) is 0 Å². The molecule has 0 fully saturated rings. The van der Waals surface area contributed by atoms with E-state index in [0.29, 0.717) is 9.13 Å². The third kappa shape index (κ3) is 10.8. The Kier molecular flexibility index (Phi) is 15.1. The molecule has 0 aliphatic heterocycles. The summed E-state index contributed by atoms with van der Waals surface area (Å²) in [6.45, 7) is 10.6. The number of carboxylic acids is 5. The summed E-state index contributed by atoms with van der Waals surface area (Å²) in [5.74, 6) is -9.88. The Balaban J connectivity index is 1.54. The molecule has 28 heteroatoms. The van der Waals surface area contributed by atoms with Crippen LogP contribution in [0.5, 0.6) is 11.8 Å². The Hall–Kier alpha value is -9.70. The van der Waals surface area contributed by atoms with Gasteiger partial charge in [-0.3, -0.25) is 19.0 Å². The zero-order valence-corrected chi connectivity index (χ0v) is 35.9. The van der Waals surface area contributed by atoms with Gasteiger partial charge in [-0.15, -0.1) is 20.5 Å². The number of thioether (sulfide) groups is 1. The number of nitrogens with zero attached hydrogens (tertiary/aromatic N) is 12. The van der Waals surface area contributed by atoms with Crippen molar-refractivity contribution in [2.45, 2.75) is 38.9 Å². The molecule has 0 aliphatic rings. The van der Waals surface area contributed by atoms with Crippen molar-refractivity contribution in [3.8, 4) is 17.8 Å². The molecule has 27 nitrogen and oxygen atoms in total. The zero-order chi connectivity index (χ0) is 50.1. The number of hydrogen-bond donors (Lipinski definition) is 8. The SMILES string of the molecule is [C-]#[N+]c1c(C)c(N=Nc2cc(C(=O)O)ccc2C(=O)O)c(=O)n(C(C)=Nc2nc(NCCn3c(O)c(C#N)c(C)c(N=Nc4cc(C(=O)O)ccc4C(=O)O)c3=O)nc(SCCC(=O)O)n2)c1O. The number of aromatic nitrogens is 5. The van der Waals surface area contributed by atoms with Crippen molar-refractivity contribution in [2.24, 2.45) is 25.4 Å². The van der Waals surface area contributed by atoms with Crippen LogP contribution in [0.25, 0.3) is 4.85 Å². The number of aliphatic imine (C=N–C) groups is 1. The summed E-state index contributed by atoms with van der Waals surface area (Å²) in [7, 11) is 0. The number of nitriles is 1. The molecule has 0 saturated carbocycles. The van der Waals surface area contributed by atoms with Gasteiger partial charge in [0.2, 0.25) is 17.7 Å². The van der Waals surface area contributed by atoms with Crippen LogP contribution in [0.3, 0.4) is 0 Å². The lowest BCUT2D eigenvalue weighted by Crippen LogP contribution is -2.26. The smallest absolute Gasteiger partial charge is 0.337 e. The highest BCUT2D eigenvalue weighted by molar-refractivity contribution is 7.99. The molecule has 0 unspecified atom stereocenters. The molecular formula is C40H31N13O14S. The Bertz CT molecular complexity index is 3280. The van der Waals surface area contributed by atoms with E-state index in [2.05, 4.69) is 50.6 Å². The predicted octanol–water partition coefficient (Wildman–Crippen LogP) is 5.55. The van der Waals surface area contributed by atoms with E-state index in [1.165, 1.54) is 20.8 Å². The first kappa shape index (κ1) is 49.3. The molecule has 2 aromatic carbocycles. The molecule has 0 spiro atoms. The van der Waals surface area contributed by atoms with E-state index >= 15 is 0 Å². The molecule has 5 aromatic rings. The molecule has 3 heterocycles. The minimum Gasteiger partial charge on any atom is -0.502 e. The summed E-state index contributed by atoms with van der Waals surface area (Å²) in [5.41, 5.74) is -7.06. The maximum atomic E-state index is 13.9. The number of aliphatic carboxylic acids is 1. The summed E-state index contributed by atoms with van der Waals surface area (Å²) in [5, 5.41) is 97.0. The van der Waals surface area contributed by atoms with Crippen LogP contribution in [0, 0.1) is 31.8 Å². The van der Waals surface area contributed by atoms with Gasteiger partial charge in [0.15, 0.2) is 10.8 Å². The molecule has 0 radical (unpaired) electrons. The lowest BCUT2D eigenvalue weighted by atomic mass is 10.1. The molecule has 346 valence electrons. The van der Waals surface area contributed by atoms with E-state index < -0.39 is 116 Å². The third-order valence-electron chi connectivity index (χ3n) is 9.24.